The second-order valence-electron chi connectivity index (χ2n) is 7.12. The highest BCUT2D eigenvalue weighted by molar-refractivity contribution is 6.30. The van der Waals surface area contributed by atoms with Crippen molar-refractivity contribution in [2.45, 2.75) is 56.6 Å². The monoisotopic (exact) mass is 412 g/mol. The Morgan fingerprint density at radius 3 is 2.81 bits per heavy atom. The van der Waals surface area contributed by atoms with E-state index in [0.29, 0.717) is 17.2 Å². The summed E-state index contributed by atoms with van der Waals surface area (Å²) in [6.45, 7) is 2.30. The van der Waals surface area contributed by atoms with Gasteiger partial charge in [-0.15, -0.1) is 11.6 Å². The van der Waals surface area contributed by atoms with Gasteiger partial charge in [-0.25, -0.2) is 0 Å². The predicted octanol–water partition coefficient (Wildman–Crippen LogP) is 5.38. The molecule has 3 nitrogen and oxygen atoms in total. The third-order valence-electron chi connectivity index (χ3n) is 4.93. The number of allylic oxidation sites excluding steroid dienone is 3. The molecule has 27 heavy (non-hydrogen) atoms. The highest BCUT2D eigenvalue weighted by Crippen LogP contribution is 2.39. The van der Waals surface area contributed by atoms with Crippen LogP contribution in [0.25, 0.3) is 0 Å². The molecule has 2 rings (SSSR count). The molecule has 1 aromatic carbocycles. The number of aliphatic hydroxyl groups is 2. The predicted molar refractivity (Wildman–Crippen MR) is 113 cm³/mol. The van der Waals surface area contributed by atoms with Gasteiger partial charge in [-0.1, -0.05) is 55.3 Å². The lowest BCUT2D eigenvalue weighted by molar-refractivity contribution is 0.118. The molecule has 5 heteroatoms. The topological polar surface area (TPSA) is 49.7 Å². The van der Waals surface area contributed by atoms with E-state index in [2.05, 4.69) is 19.1 Å². The number of rotatable bonds is 10. The number of ether oxygens (including phenoxy) is 1. The normalized spacial score (nSPS) is 26.9. The molecule has 0 unspecified atom stereocenters. The van der Waals surface area contributed by atoms with Crippen LogP contribution in [0.4, 0.5) is 0 Å². The molecule has 0 radical (unpaired) electrons. The van der Waals surface area contributed by atoms with Gasteiger partial charge in [-0.2, -0.15) is 0 Å². The molecule has 0 aromatic heterocycles. The van der Waals surface area contributed by atoms with Crippen molar-refractivity contribution < 1.29 is 14.9 Å². The molecule has 1 aliphatic rings. The number of unbranched alkanes of at least 4 members (excludes halogenated alkanes) is 1. The summed E-state index contributed by atoms with van der Waals surface area (Å²) in [6, 6.07) is 7.08. The van der Waals surface area contributed by atoms with Crippen LogP contribution < -0.4 is 4.74 Å². The minimum atomic E-state index is -0.740. The van der Waals surface area contributed by atoms with E-state index in [1.807, 2.05) is 6.08 Å². The first-order valence-corrected chi connectivity index (χ1v) is 10.5. The summed E-state index contributed by atoms with van der Waals surface area (Å²) in [5.74, 6) is 0.802. The van der Waals surface area contributed by atoms with Crippen molar-refractivity contribution in [1.82, 2.24) is 0 Å². The van der Waals surface area contributed by atoms with Crippen molar-refractivity contribution in [2.24, 2.45) is 11.8 Å². The van der Waals surface area contributed by atoms with Gasteiger partial charge < -0.3 is 14.9 Å². The number of aliphatic hydroxyl groups excluding tert-OH is 2. The van der Waals surface area contributed by atoms with Crippen LogP contribution in [0.1, 0.15) is 39.0 Å². The lowest BCUT2D eigenvalue weighted by Crippen LogP contribution is -2.20. The Morgan fingerprint density at radius 1 is 1.30 bits per heavy atom. The minimum absolute atomic E-state index is 0.0575. The maximum Gasteiger partial charge on any atom is 0.120 e. The molecule has 5 atom stereocenters. The van der Waals surface area contributed by atoms with Crippen molar-refractivity contribution in [3.8, 4) is 5.75 Å². The molecule has 0 aliphatic heterocycles. The van der Waals surface area contributed by atoms with Crippen LogP contribution in [0.3, 0.4) is 0 Å². The Hall–Kier alpha value is -1.000. The van der Waals surface area contributed by atoms with Crippen LogP contribution in [0.5, 0.6) is 5.75 Å². The Morgan fingerprint density at radius 2 is 2.07 bits per heavy atom. The Balaban J connectivity index is 1.85. The Bertz CT molecular complexity index is 617. The molecule has 0 amide bonds. The van der Waals surface area contributed by atoms with Gasteiger partial charge in [0, 0.05) is 10.4 Å². The van der Waals surface area contributed by atoms with E-state index < -0.39 is 6.10 Å². The molecule has 1 saturated carbocycles. The Labute approximate surface area is 172 Å². The number of halogens is 2. The standard InChI is InChI=1S/C22H30Cl2O3/c1-2-3-4-5-6-10-20-19(21(24)14-22(20)26)12-11-17(25)15-27-18-9-7-8-16(23)13-18/h4-5,7-9,11-13,17,19-22,25-26H,2-3,6,10,14-15H2,1H3/b5-4-,12-11+/t17-,19-,20-,21+,22+/m1/s1. The molecule has 0 heterocycles. The first kappa shape index (κ1) is 22.3. The maximum absolute atomic E-state index is 10.3. The lowest BCUT2D eigenvalue weighted by atomic mass is 9.89. The number of benzene rings is 1. The average Bonchev–Trinajstić information content (AvgIpc) is 2.91. The minimum Gasteiger partial charge on any atom is -0.491 e. The van der Waals surface area contributed by atoms with Crippen molar-refractivity contribution in [3.05, 3.63) is 53.6 Å². The van der Waals surface area contributed by atoms with E-state index in [-0.39, 0.29) is 29.9 Å². The van der Waals surface area contributed by atoms with Gasteiger partial charge in [-0.3, -0.25) is 0 Å². The molecule has 0 saturated heterocycles. The van der Waals surface area contributed by atoms with Crippen molar-refractivity contribution >= 4 is 23.2 Å². The van der Waals surface area contributed by atoms with Crippen LogP contribution >= 0.6 is 23.2 Å². The lowest BCUT2D eigenvalue weighted by Gasteiger charge is -2.20. The van der Waals surface area contributed by atoms with Gasteiger partial charge in [0.2, 0.25) is 0 Å². The van der Waals surface area contributed by atoms with Crippen LogP contribution in [0.2, 0.25) is 5.02 Å². The zero-order valence-electron chi connectivity index (χ0n) is 15.8. The third kappa shape index (κ3) is 7.50. The zero-order valence-corrected chi connectivity index (χ0v) is 17.3. The number of alkyl halides is 1. The van der Waals surface area contributed by atoms with Crippen molar-refractivity contribution in [2.75, 3.05) is 6.61 Å². The summed E-state index contributed by atoms with van der Waals surface area (Å²) in [7, 11) is 0. The van der Waals surface area contributed by atoms with E-state index in [0.717, 1.165) is 25.7 Å². The second kappa shape index (κ2) is 11.8. The van der Waals surface area contributed by atoms with Gasteiger partial charge >= 0.3 is 0 Å². The van der Waals surface area contributed by atoms with Crippen LogP contribution in [0.15, 0.2) is 48.6 Å². The summed E-state index contributed by atoms with van der Waals surface area (Å²) in [4.78, 5) is 0. The van der Waals surface area contributed by atoms with E-state index in [1.54, 1.807) is 30.3 Å². The molecule has 1 aromatic rings. The Kier molecular flexibility index (Phi) is 9.70. The fourth-order valence-electron chi connectivity index (χ4n) is 3.48. The van der Waals surface area contributed by atoms with Gasteiger partial charge in [0.1, 0.15) is 18.5 Å². The largest absolute Gasteiger partial charge is 0.491 e. The first-order chi connectivity index (χ1) is 13.0. The van der Waals surface area contributed by atoms with Crippen LogP contribution in [-0.2, 0) is 0 Å². The van der Waals surface area contributed by atoms with E-state index in [9.17, 15) is 10.2 Å². The molecule has 1 fully saturated rings. The summed E-state index contributed by atoms with van der Waals surface area (Å²) in [5, 5.41) is 21.0. The SMILES string of the molecule is CCC/C=C\CC[C@@H]1[C@@H](/C=C/[C@@H](O)COc2cccc(Cl)c2)[C@@H](Cl)C[C@@H]1O. The molecular formula is C22H30Cl2O3. The van der Waals surface area contributed by atoms with Crippen molar-refractivity contribution in [1.29, 1.82) is 0 Å². The zero-order chi connectivity index (χ0) is 19.6. The highest BCUT2D eigenvalue weighted by Gasteiger charge is 2.39. The van der Waals surface area contributed by atoms with Gasteiger partial charge in [0.25, 0.3) is 0 Å². The molecule has 1 aliphatic carbocycles. The van der Waals surface area contributed by atoms with Crippen LogP contribution in [0, 0.1) is 11.8 Å². The second-order valence-corrected chi connectivity index (χ2v) is 8.12. The van der Waals surface area contributed by atoms with Gasteiger partial charge in [-0.05, 0) is 55.7 Å². The quantitative estimate of drug-likeness (QED) is 0.400. The first-order valence-electron chi connectivity index (χ1n) is 9.73. The van der Waals surface area contributed by atoms with Crippen LogP contribution in [-0.4, -0.2) is 34.4 Å². The number of hydrogen-bond donors (Lipinski definition) is 2. The van der Waals surface area contributed by atoms with Gasteiger partial charge in [0.15, 0.2) is 0 Å². The van der Waals surface area contributed by atoms with E-state index in [4.69, 9.17) is 27.9 Å². The highest BCUT2D eigenvalue weighted by atomic mass is 35.5. The van der Waals surface area contributed by atoms with Gasteiger partial charge in [0.05, 0.1) is 6.10 Å². The molecule has 2 N–H and O–H groups in total. The number of hydrogen-bond acceptors (Lipinski definition) is 3. The van der Waals surface area contributed by atoms with E-state index in [1.165, 1.54) is 0 Å². The summed E-state index contributed by atoms with van der Waals surface area (Å²) < 4.78 is 5.56. The third-order valence-corrected chi connectivity index (χ3v) is 5.64. The average molecular weight is 413 g/mol. The summed E-state index contributed by atoms with van der Waals surface area (Å²) in [5.41, 5.74) is 0. The fourth-order valence-corrected chi connectivity index (χ4v) is 4.11. The summed E-state index contributed by atoms with van der Waals surface area (Å²) >= 11 is 12.4. The molecule has 150 valence electrons. The fraction of sp³-hybridized carbons (Fsp3) is 0.545. The van der Waals surface area contributed by atoms with E-state index >= 15 is 0 Å². The molecule has 0 spiro atoms. The van der Waals surface area contributed by atoms with Crippen molar-refractivity contribution in [3.63, 3.8) is 0 Å². The molecular weight excluding hydrogens is 383 g/mol. The smallest absolute Gasteiger partial charge is 0.120 e. The maximum atomic E-state index is 10.3. The summed E-state index contributed by atoms with van der Waals surface area (Å²) in [6.07, 6.45) is 11.6. The molecule has 0 bridgehead atoms.